The van der Waals surface area contributed by atoms with E-state index in [9.17, 15) is 4.79 Å². The van der Waals surface area contributed by atoms with Gasteiger partial charge in [-0.2, -0.15) is 0 Å². The number of hydrogen-bond acceptors (Lipinski definition) is 3. The fourth-order valence-corrected chi connectivity index (χ4v) is 2.44. The molecule has 0 aliphatic heterocycles. The first-order chi connectivity index (χ1) is 12.0. The lowest BCUT2D eigenvalue weighted by Crippen LogP contribution is -2.09. The van der Waals surface area contributed by atoms with Gasteiger partial charge in [0.25, 0.3) is 0 Å². The number of halogens is 1. The van der Waals surface area contributed by atoms with Crippen molar-refractivity contribution >= 4 is 29.4 Å². The molecule has 0 aliphatic rings. The maximum atomic E-state index is 12.1. The van der Waals surface area contributed by atoms with Crippen molar-refractivity contribution in [3.8, 4) is 5.69 Å². The molecule has 0 atom stereocenters. The van der Waals surface area contributed by atoms with Crippen LogP contribution in [-0.4, -0.2) is 20.7 Å². The lowest BCUT2D eigenvalue weighted by atomic mass is 10.1. The molecule has 2 aromatic heterocycles. The standard InChI is InChI=1S/C19H17ClN4O/c1-13-5-6-15(10-17(13)20)7-8-18(25)22-19-14(2)12-24(23-19)16-4-3-9-21-11-16/h3-12H,1-2H3,(H,22,23,25)/b8-7+. The van der Waals surface area contributed by atoms with Gasteiger partial charge >= 0.3 is 0 Å². The van der Waals surface area contributed by atoms with Gasteiger partial charge < -0.3 is 5.32 Å². The van der Waals surface area contributed by atoms with Gasteiger partial charge in [-0.15, -0.1) is 5.10 Å². The van der Waals surface area contributed by atoms with Crippen LogP contribution in [0.1, 0.15) is 16.7 Å². The highest BCUT2D eigenvalue weighted by Crippen LogP contribution is 2.18. The van der Waals surface area contributed by atoms with E-state index in [0.717, 1.165) is 22.4 Å². The van der Waals surface area contributed by atoms with Crippen molar-refractivity contribution in [1.82, 2.24) is 14.8 Å². The van der Waals surface area contributed by atoms with Crippen LogP contribution in [0.15, 0.2) is 55.0 Å². The van der Waals surface area contributed by atoms with Crippen LogP contribution in [0.25, 0.3) is 11.8 Å². The van der Waals surface area contributed by atoms with Crippen molar-refractivity contribution in [2.24, 2.45) is 0 Å². The molecule has 6 heteroatoms. The summed E-state index contributed by atoms with van der Waals surface area (Å²) in [5.74, 6) is 0.261. The Hall–Kier alpha value is -2.92. The molecule has 1 amide bonds. The van der Waals surface area contributed by atoms with E-state index in [-0.39, 0.29) is 5.91 Å². The predicted octanol–water partition coefficient (Wildman–Crippen LogP) is 4.19. The Balaban J connectivity index is 1.72. The number of carbonyl (C=O) groups is 1. The molecule has 25 heavy (non-hydrogen) atoms. The van der Waals surface area contributed by atoms with Crippen molar-refractivity contribution in [3.63, 3.8) is 0 Å². The number of pyridine rings is 1. The zero-order valence-corrected chi connectivity index (χ0v) is 14.7. The number of anilines is 1. The average molecular weight is 353 g/mol. The average Bonchev–Trinajstić information content (AvgIpc) is 2.97. The van der Waals surface area contributed by atoms with Crippen LogP contribution in [0.5, 0.6) is 0 Å². The molecular weight excluding hydrogens is 336 g/mol. The Labute approximate surface area is 151 Å². The Kier molecular flexibility index (Phi) is 4.95. The first-order valence-electron chi connectivity index (χ1n) is 7.75. The number of rotatable bonds is 4. The highest BCUT2D eigenvalue weighted by molar-refractivity contribution is 6.31. The van der Waals surface area contributed by atoms with Crippen LogP contribution in [0, 0.1) is 13.8 Å². The molecule has 126 valence electrons. The SMILES string of the molecule is Cc1ccc(/C=C/C(=O)Nc2nn(-c3cccnc3)cc2C)cc1Cl. The summed E-state index contributed by atoms with van der Waals surface area (Å²) < 4.78 is 1.68. The van der Waals surface area contributed by atoms with Gasteiger partial charge in [-0.25, -0.2) is 4.68 Å². The fourth-order valence-electron chi connectivity index (χ4n) is 2.25. The van der Waals surface area contributed by atoms with Gasteiger partial charge in [-0.1, -0.05) is 23.7 Å². The second kappa shape index (κ2) is 7.32. The molecule has 0 aliphatic carbocycles. The summed E-state index contributed by atoms with van der Waals surface area (Å²) in [6, 6.07) is 9.38. The van der Waals surface area contributed by atoms with Crippen LogP contribution in [0.3, 0.4) is 0 Å². The molecule has 0 saturated carbocycles. The lowest BCUT2D eigenvalue weighted by molar-refractivity contribution is -0.111. The largest absolute Gasteiger partial charge is 0.305 e. The third-order valence-corrected chi connectivity index (χ3v) is 4.08. The second-order valence-electron chi connectivity index (χ2n) is 5.65. The van der Waals surface area contributed by atoms with E-state index < -0.39 is 0 Å². The van der Waals surface area contributed by atoms with Crippen molar-refractivity contribution in [2.45, 2.75) is 13.8 Å². The second-order valence-corrected chi connectivity index (χ2v) is 6.05. The van der Waals surface area contributed by atoms with Gasteiger partial charge in [-0.05, 0) is 49.2 Å². The van der Waals surface area contributed by atoms with Crippen molar-refractivity contribution in [3.05, 3.63) is 76.7 Å². The quantitative estimate of drug-likeness (QED) is 0.716. The molecule has 5 nitrogen and oxygen atoms in total. The fraction of sp³-hybridized carbons (Fsp3) is 0.105. The summed E-state index contributed by atoms with van der Waals surface area (Å²) >= 11 is 6.09. The molecule has 3 rings (SSSR count). The van der Waals surface area contributed by atoms with Crippen LogP contribution < -0.4 is 5.32 Å². The molecule has 0 saturated heterocycles. The zero-order valence-electron chi connectivity index (χ0n) is 13.9. The molecule has 0 unspecified atom stereocenters. The van der Waals surface area contributed by atoms with E-state index in [1.807, 2.05) is 50.4 Å². The van der Waals surface area contributed by atoms with Gasteiger partial charge in [0.2, 0.25) is 5.91 Å². The molecule has 0 spiro atoms. The van der Waals surface area contributed by atoms with Gasteiger partial charge in [0.15, 0.2) is 5.82 Å². The summed E-state index contributed by atoms with van der Waals surface area (Å²) in [6.07, 6.45) is 8.43. The Bertz CT molecular complexity index is 932. The lowest BCUT2D eigenvalue weighted by Gasteiger charge is -2.01. The minimum absolute atomic E-state index is 0.253. The Morgan fingerprint density at radius 3 is 2.80 bits per heavy atom. The van der Waals surface area contributed by atoms with E-state index >= 15 is 0 Å². The molecule has 0 bridgehead atoms. The first-order valence-corrected chi connectivity index (χ1v) is 8.12. The molecule has 2 heterocycles. The third-order valence-electron chi connectivity index (χ3n) is 3.67. The topological polar surface area (TPSA) is 59.8 Å². The number of nitrogens with zero attached hydrogens (tertiary/aromatic N) is 3. The molecule has 0 fully saturated rings. The van der Waals surface area contributed by atoms with Crippen LogP contribution >= 0.6 is 11.6 Å². The zero-order chi connectivity index (χ0) is 17.8. The molecule has 1 N–H and O–H groups in total. The number of aryl methyl sites for hydroxylation is 2. The number of carbonyl (C=O) groups excluding carboxylic acids is 1. The van der Waals surface area contributed by atoms with Crippen molar-refractivity contribution < 1.29 is 4.79 Å². The minimum atomic E-state index is -0.253. The number of nitrogens with one attached hydrogen (secondary N) is 1. The van der Waals surface area contributed by atoms with Crippen LogP contribution in [0.4, 0.5) is 5.82 Å². The van der Waals surface area contributed by atoms with E-state index in [4.69, 9.17) is 11.6 Å². The predicted molar refractivity (Wildman–Crippen MR) is 99.9 cm³/mol. The number of hydrogen-bond donors (Lipinski definition) is 1. The number of amides is 1. The summed E-state index contributed by atoms with van der Waals surface area (Å²) in [5, 5.41) is 7.85. The summed E-state index contributed by atoms with van der Waals surface area (Å²) in [4.78, 5) is 16.2. The van der Waals surface area contributed by atoms with E-state index in [0.29, 0.717) is 10.8 Å². The van der Waals surface area contributed by atoms with Crippen LogP contribution in [-0.2, 0) is 4.79 Å². The monoisotopic (exact) mass is 352 g/mol. The molecular formula is C19H17ClN4O. The maximum Gasteiger partial charge on any atom is 0.249 e. The highest BCUT2D eigenvalue weighted by Gasteiger charge is 2.08. The summed E-state index contributed by atoms with van der Waals surface area (Å²) in [6.45, 7) is 3.82. The van der Waals surface area contributed by atoms with Gasteiger partial charge in [0.1, 0.15) is 0 Å². The van der Waals surface area contributed by atoms with Gasteiger partial charge in [-0.3, -0.25) is 9.78 Å². The van der Waals surface area contributed by atoms with E-state index in [1.54, 1.807) is 23.2 Å². The van der Waals surface area contributed by atoms with Gasteiger partial charge in [0, 0.05) is 29.1 Å². The highest BCUT2D eigenvalue weighted by atomic mass is 35.5. The molecule has 1 aromatic carbocycles. The minimum Gasteiger partial charge on any atom is -0.305 e. The molecule has 0 radical (unpaired) electrons. The van der Waals surface area contributed by atoms with Crippen molar-refractivity contribution in [2.75, 3.05) is 5.32 Å². The molecule has 3 aromatic rings. The maximum absolute atomic E-state index is 12.1. The normalized spacial score (nSPS) is 11.0. The first kappa shape index (κ1) is 16.9. The number of aromatic nitrogens is 3. The Morgan fingerprint density at radius 2 is 2.08 bits per heavy atom. The van der Waals surface area contributed by atoms with Crippen molar-refractivity contribution in [1.29, 1.82) is 0 Å². The Morgan fingerprint density at radius 1 is 1.24 bits per heavy atom. The summed E-state index contributed by atoms with van der Waals surface area (Å²) in [5.41, 5.74) is 3.56. The van der Waals surface area contributed by atoms with Gasteiger partial charge in [0.05, 0.1) is 11.9 Å². The van der Waals surface area contributed by atoms with Crippen LogP contribution in [0.2, 0.25) is 5.02 Å². The smallest absolute Gasteiger partial charge is 0.249 e. The number of benzene rings is 1. The summed E-state index contributed by atoms with van der Waals surface area (Å²) in [7, 11) is 0. The van der Waals surface area contributed by atoms with E-state index in [2.05, 4.69) is 15.4 Å². The van der Waals surface area contributed by atoms with E-state index in [1.165, 1.54) is 6.08 Å². The third kappa shape index (κ3) is 4.14.